The summed E-state index contributed by atoms with van der Waals surface area (Å²) in [6, 6.07) is 13.7. The fourth-order valence-corrected chi connectivity index (χ4v) is 3.88. The van der Waals surface area contributed by atoms with Crippen LogP contribution in [0.3, 0.4) is 0 Å². The Bertz CT molecular complexity index is 939. The minimum Gasteiger partial charge on any atom is -0.490 e. The first-order chi connectivity index (χ1) is 14.5. The van der Waals surface area contributed by atoms with Gasteiger partial charge in [0.25, 0.3) is 5.91 Å². The molecule has 3 rings (SSSR count). The maximum Gasteiger partial charge on any atom is 0.263 e. The Labute approximate surface area is 186 Å². The maximum absolute atomic E-state index is 11.9. The number of nitrogens with one attached hydrogen (secondary N) is 1. The Kier molecular flexibility index (Phi) is 7.76. The van der Waals surface area contributed by atoms with E-state index >= 15 is 0 Å². The molecule has 1 amide bonds. The van der Waals surface area contributed by atoms with Crippen molar-refractivity contribution in [2.45, 2.75) is 26.7 Å². The number of thiocarbonyl (C=S) groups is 1. The zero-order valence-corrected chi connectivity index (χ0v) is 18.9. The molecule has 1 aliphatic heterocycles. The van der Waals surface area contributed by atoms with Crippen molar-refractivity contribution >= 4 is 40.3 Å². The molecule has 1 aliphatic rings. The number of amides is 1. The predicted molar refractivity (Wildman–Crippen MR) is 125 cm³/mol. The van der Waals surface area contributed by atoms with Crippen LogP contribution in [0.25, 0.3) is 6.08 Å². The van der Waals surface area contributed by atoms with E-state index in [0.717, 1.165) is 11.3 Å². The molecule has 5 nitrogen and oxygen atoms in total. The third kappa shape index (κ3) is 6.00. The number of rotatable bonds is 9. The summed E-state index contributed by atoms with van der Waals surface area (Å²) in [4.78, 5) is 12.4. The average molecular weight is 444 g/mol. The van der Waals surface area contributed by atoms with Gasteiger partial charge in [-0.25, -0.2) is 0 Å². The van der Waals surface area contributed by atoms with Gasteiger partial charge in [-0.2, -0.15) is 0 Å². The molecule has 2 aromatic rings. The lowest BCUT2D eigenvalue weighted by molar-refractivity contribution is -0.115. The van der Waals surface area contributed by atoms with E-state index in [1.165, 1.54) is 17.3 Å². The molecule has 158 valence electrons. The molecular formula is C23H25NO4S2. The van der Waals surface area contributed by atoms with Crippen LogP contribution in [-0.4, -0.2) is 30.0 Å². The molecule has 7 heteroatoms. The minimum atomic E-state index is -0.179. The molecule has 0 unspecified atom stereocenters. The van der Waals surface area contributed by atoms with E-state index in [1.54, 1.807) is 6.08 Å². The van der Waals surface area contributed by atoms with Gasteiger partial charge in [-0.1, -0.05) is 56.0 Å². The lowest BCUT2D eigenvalue weighted by atomic mass is 10.0. The molecule has 0 bridgehead atoms. The Balaban J connectivity index is 1.59. The van der Waals surface area contributed by atoms with Gasteiger partial charge < -0.3 is 19.5 Å². The number of carbonyl (C=O) groups excluding carboxylic acids is 1. The largest absolute Gasteiger partial charge is 0.490 e. The SMILES string of the molecule is CCOc1cc(/C=C2\SC(=S)NC2=O)ccc1OCCOc1ccc(C(C)C)cc1. The molecule has 0 radical (unpaired) electrons. The Morgan fingerprint density at radius 1 is 1.03 bits per heavy atom. The van der Waals surface area contributed by atoms with E-state index in [-0.39, 0.29) is 5.91 Å². The third-order valence-electron chi connectivity index (χ3n) is 4.36. The molecule has 1 N–H and O–H groups in total. The van der Waals surface area contributed by atoms with Crippen LogP contribution in [0.5, 0.6) is 17.2 Å². The number of carbonyl (C=O) groups is 1. The highest BCUT2D eigenvalue weighted by Crippen LogP contribution is 2.32. The van der Waals surface area contributed by atoms with Gasteiger partial charge in [0.15, 0.2) is 11.5 Å². The van der Waals surface area contributed by atoms with Crippen LogP contribution < -0.4 is 19.5 Å². The average Bonchev–Trinajstić information content (AvgIpc) is 3.04. The summed E-state index contributed by atoms with van der Waals surface area (Å²) in [5, 5.41) is 2.61. The molecule has 0 saturated carbocycles. The van der Waals surface area contributed by atoms with Crippen molar-refractivity contribution in [2.24, 2.45) is 0 Å². The van der Waals surface area contributed by atoms with Crippen molar-refractivity contribution in [1.29, 1.82) is 0 Å². The van der Waals surface area contributed by atoms with E-state index in [1.807, 2.05) is 37.3 Å². The number of hydrogen-bond donors (Lipinski definition) is 1. The molecule has 1 heterocycles. The molecule has 0 spiro atoms. The molecule has 30 heavy (non-hydrogen) atoms. The summed E-state index contributed by atoms with van der Waals surface area (Å²) in [6.45, 7) is 7.56. The smallest absolute Gasteiger partial charge is 0.263 e. The maximum atomic E-state index is 11.9. The second-order valence-electron chi connectivity index (χ2n) is 6.91. The van der Waals surface area contributed by atoms with Crippen molar-refractivity contribution in [1.82, 2.24) is 5.32 Å². The van der Waals surface area contributed by atoms with E-state index < -0.39 is 0 Å². The van der Waals surface area contributed by atoms with Crippen molar-refractivity contribution in [2.75, 3.05) is 19.8 Å². The van der Waals surface area contributed by atoms with Gasteiger partial charge in [-0.3, -0.25) is 4.79 Å². The minimum absolute atomic E-state index is 0.179. The molecule has 1 fully saturated rings. The standard InChI is InChI=1S/C23H25NO4S2/c1-4-26-20-13-16(14-21-22(25)24-23(29)30-21)5-10-19(20)28-12-11-27-18-8-6-17(7-9-18)15(2)3/h5-10,13-15H,4,11-12H2,1-3H3,(H,24,25,29)/b21-14-. The monoisotopic (exact) mass is 443 g/mol. The first-order valence-corrected chi connectivity index (χ1v) is 11.1. The van der Waals surface area contributed by atoms with E-state index in [2.05, 4.69) is 31.3 Å². The zero-order valence-electron chi connectivity index (χ0n) is 17.3. The van der Waals surface area contributed by atoms with Crippen LogP contribution in [0.4, 0.5) is 0 Å². The number of thioether (sulfide) groups is 1. The van der Waals surface area contributed by atoms with E-state index in [9.17, 15) is 4.79 Å². The second kappa shape index (κ2) is 10.5. The van der Waals surface area contributed by atoms with Crippen LogP contribution in [0, 0.1) is 0 Å². The van der Waals surface area contributed by atoms with E-state index in [4.69, 9.17) is 26.4 Å². The first-order valence-electron chi connectivity index (χ1n) is 9.83. The summed E-state index contributed by atoms with van der Waals surface area (Å²) in [5.74, 6) is 2.40. The Morgan fingerprint density at radius 2 is 1.77 bits per heavy atom. The van der Waals surface area contributed by atoms with Gasteiger partial charge in [0.05, 0.1) is 11.5 Å². The molecular weight excluding hydrogens is 418 g/mol. The lowest BCUT2D eigenvalue weighted by Crippen LogP contribution is -2.17. The quantitative estimate of drug-likeness (QED) is 0.328. The van der Waals surface area contributed by atoms with Gasteiger partial charge in [0, 0.05) is 0 Å². The highest BCUT2D eigenvalue weighted by Gasteiger charge is 2.22. The van der Waals surface area contributed by atoms with Gasteiger partial charge in [-0.15, -0.1) is 0 Å². The van der Waals surface area contributed by atoms with Crippen molar-refractivity contribution in [3.8, 4) is 17.2 Å². The van der Waals surface area contributed by atoms with E-state index in [0.29, 0.717) is 46.5 Å². The number of ether oxygens (including phenoxy) is 3. The topological polar surface area (TPSA) is 56.8 Å². The summed E-state index contributed by atoms with van der Waals surface area (Å²) >= 11 is 6.28. The summed E-state index contributed by atoms with van der Waals surface area (Å²) < 4.78 is 17.8. The summed E-state index contributed by atoms with van der Waals surface area (Å²) in [5.41, 5.74) is 2.12. The third-order valence-corrected chi connectivity index (χ3v) is 5.53. The fraction of sp³-hybridized carbons (Fsp3) is 0.304. The lowest BCUT2D eigenvalue weighted by Gasteiger charge is -2.13. The Hall–Kier alpha value is -2.51. The van der Waals surface area contributed by atoms with Gasteiger partial charge in [0.2, 0.25) is 0 Å². The highest BCUT2D eigenvalue weighted by atomic mass is 32.2. The van der Waals surface area contributed by atoms with Crippen molar-refractivity contribution in [3.63, 3.8) is 0 Å². The predicted octanol–water partition coefficient (Wildman–Crippen LogP) is 5.16. The first kappa shape index (κ1) is 22.2. The van der Waals surface area contributed by atoms with Crippen LogP contribution in [0.15, 0.2) is 47.4 Å². The number of benzene rings is 2. The summed E-state index contributed by atoms with van der Waals surface area (Å²) in [7, 11) is 0. The second-order valence-corrected chi connectivity index (χ2v) is 8.63. The van der Waals surface area contributed by atoms with Crippen LogP contribution in [0.1, 0.15) is 37.8 Å². The van der Waals surface area contributed by atoms with Gasteiger partial charge in [0.1, 0.15) is 23.3 Å². The Morgan fingerprint density at radius 3 is 2.40 bits per heavy atom. The van der Waals surface area contributed by atoms with Gasteiger partial charge >= 0.3 is 0 Å². The van der Waals surface area contributed by atoms with Crippen molar-refractivity contribution < 1.29 is 19.0 Å². The normalized spacial score (nSPS) is 14.9. The van der Waals surface area contributed by atoms with Crippen molar-refractivity contribution in [3.05, 3.63) is 58.5 Å². The van der Waals surface area contributed by atoms with Gasteiger partial charge in [-0.05, 0) is 54.3 Å². The molecule has 0 aromatic heterocycles. The van der Waals surface area contributed by atoms with Crippen LogP contribution >= 0.6 is 24.0 Å². The van der Waals surface area contributed by atoms with Crippen LogP contribution in [-0.2, 0) is 4.79 Å². The van der Waals surface area contributed by atoms with Crippen LogP contribution in [0.2, 0.25) is 0 Å². The molecule has 2 aromatic carbocycles. The number of hydrogen-bond acceptors (Lipinski definition) is 6. The molecule has 0 atom stereocenters. The zero-order chi connectivity index (χ0) is 21.5. The summed E-state index contributed by atoms with van der Waals surface area (Å²) in [6.07, 6.45) is 1.79. The fourth-order valence-electron chi connectivity index (χ4n) is 2.83. The highest BCUT2D eigenvalue weighted by molar-refractivity contribution is 8.26. The molecule has 0 aliphatic carbocycles. The molecule has 1 saturated heterocycles.